The van der Waals surface area contributed by atoms with Crippen molar-refractivity contribution in [2.75, 3.05) is 5.73 Å². The van der Waals surface area contributed by atoms with E-state index in [9.17, 15) is 4.79 Å². The van der Waals surface area contributed by atoms with E-state index in [1.54, 1.807) is 0 Å². The van der Waals surface area contributed by atoms with Crippen LogP contribution in [0.2, 0.25) is 0 Å². The summed E-state index contributed by atoms with van der Waals surface area (Å²) in [5.74, 6) is -0.158. The summed E-state index contributed by atoms with van der Waals surface area (Å²) in [7, 11) is 0. The number of anilines is 1. The zero-order valence-electron chi connectivity index (χ0n) is 12.7. The zero-order chi connectivity index (χ0) is 16.2. The Labute approximate surface area is 139 Å². The third-order valence-corrected chi connectivity index (χ3v) is 4.43. The highest BCUT2D eigenvalue weighted by Gasteiger charge is 2.20. The van der Waals surface area contributed by atoms with Gasteiger partial charge in [0.1, 0.15) is 4.88 Å². The molecule has 0 saturated carbocycles. The minimum atomic E-state index is -0.158. The molecule has 23 heavy (non-hydrogen) atoms. The number of thiazole rings is 1. The van der Waals surface area contributed by atoms with Gasteiger partial charge in [0.05, 0.1) is 11.7 Å². The first-order chi connectivity index (χ1) is 11.1. The van der Waals surface area contributed by atoms with E-state index in [0.29, 0.717) is 15.7 Å². The van der Waals surface area contributed by atoms with Crippen LogP contribution in [0.15, 0.2) is 60.7 Å². The number of amides is 1. The van der Waals surface area contributed by atoms with Gasteiger partial charge in [0.2, 0.25) is 0 Å². The van der Waals surface area contributed by atoms with Gasteiger partial charge in [-0.05, 0) is 12.5 Å². The van der Waals surface area contributed by atoms with E-state index < -0.39 is 0 Å². The number of hydrogen-bond donors (Lipinski definition) is 2. The van der Waals surface area contributed by atoms with Crippen molar-refractivity contribution >= 4 is 22.4 Å². The van der Waals surface area contributed by atoms with Crippen LogP contribution in [0.5, 0.6) is 0 Å². The molecule has 3 rings (SSSR count). The fourth-order valence-corrected chi connectivity index (χ4v) is 3.13. The number of benzene rings is 2. The van der Waals surface area contributed by atoms with E-state index in [0.717, 1.165) is 11.1 Å². The molecule has 116 valence electrons. The Morgan fingerprint density at radius 3 is 2.35 bits per heavy atom. The number of carbonyl (C=O) groups excluding carboxylic acids is 1. The number of rotatable bonds is 4. The van der Waals surface area contributed by atoms with Gasteiger partial charge in [-0.1, -0.05) is 72.0 Å². The summed E-state index contributed by atoms with van der Waals surface area (Å²) in [5, 5.41) is 3.40. The molecule has 3 N–H and O–H groups in total. The van der Waals surface area contributed by atoms with Crippen LogP contribution in [0.3, 0.4) is 0 Å². The Hall–Kier alpha value is -2.66. The Morgan fingerprint density at radius 2 is 1.70 bits per heavy atom. The Balaban J connectivity index is 1.86. The molecule has 1 atom stereocenters. The number of aromatic nitrogens is 1. The maximum Gasteiger partial charge on any atom is 0.264 e. The van der Waals surface area contributed by atoms with Crippen molar-refractivity contribution in [2.24, 2.45) is 0 Å². The van der Waals surface area contributed by atoms with Crippen molar-refractivity contribution in [1.82, 2.24) is 10.3 Å². The van der Waals surface area contributed by atoms with Crippen molar-refractivity contribution < 1.29 is 4.79 Å². The van der Waals surface area contributed by atoms with Crippen LogP contribution < -0.4 is 11.1 Å². The molecule has 0 fully saturated rings. The molecule has 2 aromatic carbocycles. The van der Waals surface area contributed by atoms with Crippen molar-refractivity contribution in [3.05, 3.63) is 71.1 Å². The number of nitrogens with two attached hydrogens (primary N) is 1. The van der Waals surface area contributed by atoms with Crippen LogP contribution in [0.25, 0.3) is 11.3 Å². The van der Waals surface area contributed by atoms with E-state index in [-0.39, 0.29) is 11.9 Å². The third kappa shape index (κ3) is 3.40. The number of nitrogens with one attached hydrogen (secondary N) is 1. The third-order valence-electron chi connectivity index (χ3n) is 3.54. The molecule has 0 aliphatic heterocycles. The largest absolute Gasteiger partial charge is 0.375 e. The van der Waals surface area contributed by atoms with Crippen molar-refractivity contribution in [3.8, 4) is 11.3 Å². The molecular weight excluding hydrogens is 306 g/mol. The van der Waals surface area contributed by atoms with E-state index in [1.807, 2.05) is 67.6 Å². The molecule has 0 bridgehead atoms. The molecule has 1 unspecified atom stereocenters. The summed E-state index contributed by atoms with van der Waals surface area (Å²) in [4.78, 5) is 17.5. The molecule has 1 aromatic heterocycles. The first-order valence-corrected chi connectivity index (χ1v) is 8.14. The lowest BCUT2D eigenvalue weighted by Crippen LogP contribution is -2.26. The topological polar surface area (TPSA) is 68.0 Å². The normalized spacial score (nSPS) is 11.9. The van der Waals surface area contributed by atoms with Crippen molar-refractivity contribution in [3.63, 3.8) is 0 Å². The van der Waals surface area contributed by atoms with Crippen LogP contribution in [0.1, 0.15) is 28.2 Å². The van der Waals surface area contributed by atoms with Crippen molar-refractivity contribution in [2.45, 2.75) is 13.0 Å². The smallest absolute Gasteiger partial charge is 0.264 e. The number of nitrogens with zero attached hydrogens (tertiary/aromatic N) is 1. The zero-order valence-corrected chi connectivity index (χ0v) is 13.5. The fourth-order valence-electron chi connectivity index (χ4n) is 2.37. The van der Waals surface area contributed by atoms with Crippen LogP contribution >= 0.6 is 11.3 Å². The highest BCUT2D eigenvalue weighted by molar-refractivity contribution is 7.17. The SMILES string of the molecule is CC(NC(=O)c1sc(N)nc1-c1ccccc1)c1ccccc1. The number of carbonyl (C=O) groups is 1. The standard InChI is InChI=1S/C18H17N3OS/c1-12(13-8-4-2-5-9-13)20-17(22)16-15(21-18(19)23-16)14-10-6-3-7-11-14/h2-12H,1H3,(H2,19,21)(H,20,22). The first-order valence-electron chi connectivity index (χ1n) is 7.32. The van der Waals surface area contributed by atoms with Crippen LogP contribution in [-0.2, 0) is 0 Å². The van der Waals surface area contributed by atoms with Crippen LogP contribution in [0.4, 0.5) is 5.13 Å². The molecular formula is C18H17N3OS. The summed E-state index contributed by atoms with van der Waals surface area (Å²) in [5.41, 5.74) is 8.40. The van der Waals surface area contributed by atoms with Gasteiger partial charge in [0, 0.05) is 5.56 Å². The van der Waals surface area contributed by atoms with E-state index in [2.05, 4.69) is 10.3 Å². The van der Waals surface area contributed by atoms with Gasteiger partial charge in [-0.3, -0.25) is 4.79 Å². The minimum absolute atomic E-state index is 0.0874. The Morgan fingerprint density at radius 1 is 1.09 bits per heavy atom. The highest BCUT2D eigenvalue weighted by atomic mass is 32.1. The molecule has 0 radical (unpaired) electrons. The Kier molecular flexibility index (Phi) is 4.39. The second-order valence-electron chi connectivity index (χ2n) is 5.20. The van der Waals surface area contributed by atoms with Gasteiger partial charge in [0.25, 0.3) is 5.91 Å². The maximum atomic E-state index is 12.6. The minimum Gasteiger partial charge on any atom is -0.375 e. The molecule has 0 spiro atoms. The van der Waals surface area contributed by atoms with E-state index in [1.165, 1.54) is 11.3 Å². The van der Waals surface area contributed by atoms with Crippen molar-refractivity contribution in [1.29, 1.82) is 0 Å². The molecule has 0 aliphatic rings. The fraction of sp³-hybridized carbons (Fsp3) is 0.111. The quantitative estimate of drug-likeness (QED) is 0.765. The van der Waals surface area contributed by atoms with E-state index >= 15 is 0 Å². The van der Waals surface area contributed by atoms with Gasteiger partial charge in [0.15, 0.2) is 5.13 Å². The molecule has 0 saturated heterocycles. The molecule has 1 heterocycles. The van der Waals surface area contributed by atoms with Gasteiger partial charge >= 0.3 is 0 Å². The monoisotopic (exact) mass is 323 g/mol. The highest BCUT2D eigenvalue weighted by Crippen LogP contribution is 2.30. The summed E-state index contributed by atoms with van der Waals surface area (Å²) < 4.78 is 0. The summed E-state index contributed by atoms with van der Waals surface area (Å²) in [6, 6.07) is 19.4. The summed E-state index contributed by atoms with van der Waals surface area (Å²) >= 11 is 1.21. The number of hydrogen-bond acceptors (Lipinski definition) is 4. The van der Waals surface area contributed by atoms with Crippen LogP contribution in [-0.4, -0.2) is 10.9 Å². The molecule has 5 heteroatoms. The first kappa shape index (κ1) is 15.2. The lowest BCUT2D eigenvalue weighted by Gasteiger charge is -2.14. The lowest BCUT2D eigenvalue weighted by atomic mass is 10.1. The molecule has 0 aliphatic carbocycles. The molecule has 3 aromatic rings. The molecule has 4 nitrogen and oxygen atoms in total. The average molecular weight is 323 g/mol. The van der Waals surface area contributed by atoms with Gasteiger partial charge in [-0.25, -0.2) is 4.98 Å². The predicted molar refractivity (Wildman–Crippen MR) is 94.3 cm³/mol. The van der Waals surface area contributed by atoms with Gasteiger partial charge in [-0.15, -0.1) is 0 Å². The predicted octanol–water partition coefficient (Wildman–Crippen LogP) is 3.88. The summed E-state index contributed by atoms with van der Waals surface area (Å²) in [6.45, 7) is 1.96. The maximum absolute atomic E-state index is 12.6. The second-order valence-corrected chi connectivity index (χ2v) is 6.23. The summed E-state index contributed by atoms with van der Waals surface area (Å²) in [6.07, 6.45) is 0. The number of nitrogen functional groups attached to an aromatic ring is 1. The van der Waals surface area contributed by atoms with E-state index in [4.69, 9.17) is 5.73 Å². The van der Waals surface area contributed by atoms with Crippen LogP contribution in [0, 0.1) is 0 Å². The molecule has 1 amide bonds. The second kappa shape index (κ2) is 6.62. The Bertz CT molecular complexity index is 800. The van der Waals surface area contributed by atoms with Gasteiger partial charge in [-0.2, -0.15) is 0 Å². The lowest BCUT2D eigenvalue weighted by molar-refractivity contribution is 0.0944. The average Bonchev–Trinajstić information content (AvgIpc) is 2.98. The van der Waals surface area contributed by atoms with Gasteiger partial charge < -0.3 is 11.1 Å².